The predicted molar refractivity (Wildman–Crippen MR) is 92.0 cm³/mol. The molecule has 1 aromatic heterocycles. The maximum Gasteiger partial charge on any atom is 0.258 e. The van der Waals surface area contributed by atoms with Gasteiger partial charge in [-0.25, -0.2) is 9.97 Å². The summed E-state index contributed by atoms with van der Waals surface area (Å²) < 4.78 is 5.43. The van der Waals surface area contributed by atoms with Gasteiger partial charge in [0.2, 0.25) is 5.95 Å². The minimum absolute atomic E-state index is 0.00688. The zero-order valence-corrected chi connectivity index (χ0v) is 13.9. The number of rotatable bonds is 6. The molecule has 1 N–H and O–H groups in total. The number of hydrogen-bond acceptors (Lipinski definition) is 5. The van der Waals surface area contributed by atoms with E-state index in [1.165, 1.54) is 12.8 Å². The standard InChI is InChI=1S/C18H22N4O2/c1-14-11-15(21-18(20-14)22-9-5-6-10-22)12-19-17(23)13-24-16-7-3-2-4-8-16/h2-4,7-8,11H,5-6,9-10,12-13H2,1H3,(H,19,23). The summed E-state index contributed by atoms with van der Waals surface area (Å²) in [4.78, 5) is 23.2. The molecular weight excluding hydrogens is 304 g/mol. The minimum Gasteiger partial charge on any atom is -0.484 e. The molecule has 2 aromatic rings. The number of para-hydroxylation sites is 1. The number of ether oxygens (including phenoxy) is 1. The van der Waals surface area contributed by atoms with E-state index in [4.69, 9.17) is 4.74 Å². The van der Waals surface area contributed by atoms with Gasteiger partial charge in [0, 0.05) is 18.8 Å². The van der Waals surface area contributed by atoms with E-state index in [-0.39, 0.29) is 12.5 Å². The molecule has 0 atom stereocenters. The van der Waals surface area contributed by atoms with E-state index in [9.17, 15) is 4.79 Å². The van der Waals surface area contributed by atoms with E-state index in [1.54, 1.807) is 0 Å². The number of aryl methyl sites for hydroxylation is 1. The number of nitrogens with one attached hydrogen (secondary N) is 1. The molecule has 1 amide bonds. The number of benzene rings is 1. The molecule has 0 spiro atoms. The smallest absolute Gasteiger partial charge is 0.258 e. The van der Waals surface area contributed by atoms with Crippen molar-refractivity contribution >= 4 is 11.9 Å². The van der Waals surface area contributed by atoms with Gasteiger partial charge in [-0.1, -0.05) is 18.2 Å². The normalized spacial score (nSPS) is 13.8. The van der Waals surface area contributed by atoms with E-state index in [0.29, 0.717) is 12.3 Å². The fourth-order valence-electron chi connectivity index (χ4n) is 2.67. The van der Waals surface area contributed by atoms with Gasteiger partial charge in [0.15, 0.2) is 6.61 Å². The van der Waals surface area contributed by atoms with Crippen LogP contribution in [0.25, 0.3) is 0 Å². The van der Waals surface area contributed by atoms with Gasteiger partial charge in [0.1, 0.15) is 5.75 Å². The molecule has 1 aliphatic rings. The van der Waals surface area contributed by atoms with Gasteiger partial charge in [-0.05, 0) is 38.0 Å². The summed E-state index contributed by atoms with van der Waals surface area (Å²) in [5, 5.41) is 2.84. The molecule has 1 aromatic carbocycles. The van der Waals surface area contributed by atoms with Crippen molar-refractivity contribution in [1.82, 2.24) is 15.3 Å². The molecule has 0 saturated carbocycles. The molecule has 1 fully saturated rings. The van der Waals surface area contributed by atoms with Gasteiger partial charge in [0.05, 0.1) is 12.2 Å². The van der Waals surface area contributed by atoms with Crippen molar-refractivity contribution in [2.45, 2.75) is 26.3 Å². The van der Waals surface area contributed by atoms with Crippen molar-refractivity contribution < 1.29 is 9.53 Å². The SMILES string of the molecule is Cc1cc(CNC(=O)COc2ccccc2)nc(N2CCCC2)n1. The Kier molecular flexibility index (Phi) is 5.25. The highest BCUT2D eigenvalue weighted by molar-refractivity contribution is 5.77. The van der Waals surface area contributed by atoms with E-state index in [1.807, 2.05) is 43.3 Å². The lowest BCUT2D eigenvalue weighted by molar-refractivity contribution is -0.123. The number of nitrogens with zero attached hydrogens (tertiary/aromatic N) is 3. The molecule has 0 bridgehead atoms. The topological polar surface area (TPSA) is 67.3 Å². The Bertz CT molecular complexity index is 685. The van der Waals surface area contributed by atoms with Crippen LogP contribution in [0.5, 0.6) is 5.75 Å². The summed E-state index contributed by atoms with van der Waals surface area (Å²) >= 11 is 0. The van der Waals surface area contributed by atoms with Gasteiger partial charge in [-0.2, -0.15) is 0 Å². The molecule has 1 saturated heterocycles. The summed E-state index contributed by atoms with van der Waals surface area (Å²) in [6, 6.07) is 11.2. The quantitative estimate of drug-likeness (QED) is 0.880. The highest BCUT2D eigenvalue weighted by Gasteiger charge is 2.16. The summed E-state index contributed by atoms with van der Waals surface area (Å²) in [6.07, 6.45) is 2.36. The zero-order chi connectivity index (χ0) is 16.8. The van der Waals surface area contributed by atoms with Gasteiger partial charge in [-0.15, -0.1) is 0 Å². The Labute approximate surface area is 141 Å². The molecule has 0 unspecified atom stereocenters. The first-order valence-corrected chi connectivity index (χ1v) is 8.25. The zero-order valence-electron chi connectivity index (χ0n) is 13.9. The third-order valence-electron chi connectivity index (χ3n) is 3.86. The third-order valence-corrected chi connectivity index (χ3v) is 3.86. The predicted octanol–water partition coefficient (Wildman–Crippen LogP) is 2.08. The van der Waals surface area contributed by atoms with Crippen LogP contribution in [0.4, 0.5) is 5.95 Å². The molecule has 126 valence electrons. The van der Waals surface area contributed by atoms with E-state index in [2.05, 4.69) is 20.2 Å². The van der Waals surface area contributed by atoms with Crippen LogP contribution in [-0.4, -0.2) is 35.6 Å². The van der Waals surface area contributed by atoms with Crippen LogP contribution in [0, 0.1) is 6.92 Å². The average molecular weight is 326 g/mol. The molecule has 3 rings (SSSR count). The highest BCUT2D eigenvalue weighted by atomic mass is 16.5. The Morgan fingerprint density at radius 1 is 1.21 bits per heavy atom. The fraction of sp³-hybridized carbons (Fsp3) is 0.389. The second-order valence-corrected chi connectivity index (χ2v) is 5.87. The van der Waals surface area contributed by atoms with Crippen LogP contribution in [0.2, 0.25) is 0 Å². The lowest BCUT2D eigenvalue weighted by Gasteiger charge is -2.16. The van der Waals surface area contributed by atoms with E-state index < -0.39 is 0 Å². The molecule has 24 heavy (non-hydrogen) atoms. The molecule has 1 aliphatic heterocycles. The van der Waals surface area contributed by atoms with Crippen LogP contribution >= 0.6 is 0 Å². The summed E-state index contributed by atoms with van der Waals surface area (Å²) in [7, 11) is 0. The first-order chi connectivity index (χ1) is 11.7. The monoisotopic (exact) mass is 326 g/mol. The van der Waals surface area contributed by atoms with Gasteiger partial charge < -0.3 is 15.0 Å². The van der Waals surface area contributed by atoms with Crippen LogP contribution in [0.15, 0.2) is 36.4 Å². The fourth-order valence-corrected chi connectivity index (χ4v) is 2.67. The lowest BCUT2D eigenvalue weighted by Crippen LogP contribution is -2.29. The van der Waals surface area contributed by atoms with Gasteiger partial charge in [-0.3, -0.25) is 4.79 Å². The van der Waals surface area contributed by atoms with Crippen LogP contribution in [0.1, 0.15) is 24.2 Å². The maximum absolute atomic E-state index is 11.9. The second kappa shape index (κ2) is 7.77. The minimum atomic E-state index is -0.169. The molecule has 6 heteroatoms. The van der Waals surface area contributed by atoms with Crippen LogP contribution in [-0.2, 0) is 11.3 Å². The first kappa shape index (κ1) is 16.2. The number of anilines is 1. The Hall–Kier alpha value is -2.63. The van der Waals surface area contributed by atoms with Crippen molar-refractivity contribution in [2.75, 3.05) is 24.6 Å². The maximum atomic E-state index is 11.9. The Morgan fingerprint density at radius 3 is 2.71 bits per heavy atom. The number of hydrogen-bond donors (Lipinski definition) is 1. The highest BCUT2D eigenvalue weighted by Crippen LogP contribution is 2.16. The number of aromatic nitrogens is 2. The van der Waals surface area contributed by atoms with Crippen LogP contribution < -0.4 is 15.0 Å². The molecular formula is C18H22N4O2. The third kappa shape index (κ3) is 4.44. The van der Waals surface area contributed by atoms with Crippen molar-refractivity contribution in [1.29, 1.82) is 0 Å². The number of carbonyl (C=O) groups is 1. The summed E-state index contributed by atoms with van der Waals surface area (Å²) in [5.41, 5.74) is 1.73. The number of amides is 1. The van der Waals surface area contributed by atoms with Crippen molar-refractivity contribution in [3.05, 3.63) is 47.8 Å². The van der Waals surface area contributed by atoms with Gasteiger partial charge in [0.25, 0.3) is 5.91 Å². The van der Waals surface area contributed by atoms with E-state index in [0.717, 1.165) is 30.4 Å². The number of carbonyl (C=O) groups excluding carboxylic acids is 1. The van der Waals surface area contributed by atoms with Crippen molar-refractivity contribution in [2.24, 2.45) is 0 Å². The average Bonchev–Trinajstić information content (AvgIpc) is 3.13. The first-order valence-electron chi connectivity index (χ1n) is 8.25. The van der Waals surface area contributed by atoms with E-state index >= 15 is 0 Å². The summed E-state index contributed by atoms with van der Waals surface area (Å²) in [5.74, 6) is 1.27. The van der Waals surface area contributed by atoms with Crippen LogP contribution in [0.3, 0.4) is 0 Å². The van der Waals surface area contributed by atoms with Crippen molar-refractivity contribution in [3.63, 3.8) is 0 Å². The molecule has 2 heterocycles. The summed E-state index contributed by atoms with van der Waals surface area (Å²) in [6.45, 7) is 4.32. The Morgan fingerprint density at radius 2 is 1.96 bits per heavy atom. The molecule has 6 nitrogen and oxygen atoms in total. The van der Waals surface area contributed by atoms with Gasteiger partial charge >= 0.3 is 0 Å². The Balaban J connectivity index is 1.53. The largest absolute Gasteiger partial charge is 0.484 e. The molecule has 0 radical (unpaired) electrons. The second-order valence-electron chi connectivity index (χ2n) is 5.87. The molecule has 0 aliphatic carbocycles. The lowest BCUT2D eigenvalue weighted by atomic mass is 10.3. The van der Waals surface area contributed by atoms with Crippen molar-refractivity contribution in [3.8, 4) is 5.75 Å².